The fourth-order valence-corrected chi connectivity index (χ4v) is 10.2. The minimum atomic E-state index is -0.873. The summed E-state index contributed by atoms with van der Waals surface area (Å²) < 4.78 is 6.11. The van der Waals surface area contributed by atoms with E-state index in [-0.39, 0.29) is 49.6 Å². The monoisotopic (exact) mass is 1000 g/mol. The van der Waals surface area contributed by atoms with Crippen molar-refractivity contribution in [3.63, 3.8) is 0 Å². The van der Waals surface area contributed by atoms with Gasteiger partial charge in [-0.25, -0.2) is 4.98 Å². The van der Waals surface area contributed by atoms with Gasteiger partial charge in [0.15, 0.2) is 0 Å². The Morgan fingerprint density at radius 1 is 0.808 bits per heavy atom. The molecule has 73 heavy (non-hydrogen) atoms. The van der Waals surface area contributed by atoms with Crippen LogP contribution in [0.2, 0.25) is 0 Å². The average molecular weight is 1000 g/mol. The predicted octanol–water partition coefficient (Wildman–Crippen LogP) is 10.5. The summed E-state index contributed by atoms with van der Waals surface area (Å²) in [4.78, 5) is 62.6. The van der Waals surface area contributed by atoms with Gasteiger partial charge >= 0.3 is 0 Å². The van der Waals surface area contributed by atoms with Crippen molar-refractivity contribution in [3.8, 4) is 16.2 Å². The molecule has 11 nitrogen and oxygen atoms in total. The lowest BCUT2D eigenvalue weighted by Crippen LogP contribution is -2.57. The first-order valence-corrected chi connectivity index (χ1v) is 26.5. The number of likely N-dealkylation sites (N-methyl/N-ethyl adjacent to an activating group) is 1. The highest BCUT2D eigenvalue weighted by Gasteiger charge is 2.44. The van der Waals surface area contributed by atoms with Crippen LogP contribution in [0.1, 0.15) is 105 Å². The molecular weight excluding hydrogens is 931 g/mol. The summed E-state index contributed by atoms with van der Waals surface area (Å²) in [5.41, 5.74) is 12.2. The summed E-state index contributed by atoms with van der Waals surface area (Å²) in [6.45, 7) is 11.0. The standard InChI is InChI=1S/C61H71N5O6S/c1-7-52(46-18-12-9-13-19-46)56(47-20-14-10-15-21-47)48-31-33-51(34-32-48)72-36-35-65(6)55(69)37-44-25-23-43(24-26-44)17-11-8-16-22-54(68)64-58(61(3,4)5)60(71)66-40-50(67)38-53(66)59(70)62-39-45-27-29-49(30-28-45)57-42(2)63-41-73-57/h9-10,12-15,18-21,23-34,41,50,53,58,67H,7-8,11,16-17,22,35-40H2,1-6H3,(H,62,70)(H,64,68)/b56-52-/t50-,53+,58-/m1/s1. The normalized spacial score (nSPS) is 15.3. The Balaban J connectivity index is 0.811. The summed E-state index contributed by atoms with van der Waals surface area (Å²) in [7, 11) is 1.81. The highest BCUT2D eigenvalue weighted by Crippen LogP contribution is 2.35. The summed E-state index contributed by atoms with van der Waals surface area (Å²) in [5.74, 6) is -0.161. The number of thiazole rings is 1. The van der Waals surface area contributed by atoms with Crippen molar-refractivity contribution in [1.29, 1.82) is 0 Å². The number of nitrogens with one attached hydrogen (secondary N) is 2. The van der Waals surface area contributed by atoms with Gasteiger partial charge in [-0.1, -0.05) is 155 Å². The Morgan fingerprint density at radius 3 is 2.07 bits per heavy atom. The number of hydrogen-bond acceptors (Lipinski definition) is 8. The predicted molar refractivity (Wildman–Crippen MR) is 293 cm³/mol. The first-order chi connectivity index (χ1) is 35.2. The van der Waals surface area contributed by atoms with Gasteiger partial charge < -0.3 is 30.3 Å². The van der Waals surface area contributed by atoms with Gasteiger partial charge in [0.25, 0.3) is 0 Å². The Hall–Kier alpha value is -6.89. The molecule has 12 heteroatoms. The molecule has 1 aliphatic heterocycles. The molecule has 0 saturated carbocycles. The minimum Gasteiger partial charge on any atom is -0.492 e. The Bertz CT molecular complexity index is 2790. The Kier molecular flexibility index (Phi) is 19.0. The fourth-order valence-electron chi connectivity index (χ4n) is 9.37. The number of hydrogen-bond donors (Lipinski definition) is 3. The van der Waals surface area contributed by atoms with E-state index < -0.39 is 23.6 Å². The van der Waals surface area contributed by atoms with Crippen molar-refractivity contribution in [2.24, 2.45) is 5.41 Å². The van der Waals surface area contributed by atoms with Gasteiger partial charge in [-0.2, -0.15) is 0 Å². The van der Waals surface area contributed by atoms with Crippen molar-refractivity contribution >= 4 is 46.1 Å². The zero-order valence-electron chi connectivity index (χ0n) is 43.2. The lowest BCUT2D eigenvalue weighted by molar-refractivity contribution is -0.144. The first-order valence-electron chi connectivity index (χ1n) is 25.6. The van der Waals surface area contributed by atoms with Gasteiger partial charge in [-0.05, 0) is 100 Å². The van der Waals surface area contributed by atoms with E-state index in [9.17, 15) is 24.3 Å². The van der Waals surface area contributed by atoms with Crippen LogP contribution in [-0.2, 0) is 38.6 Å². The molecule has 3 N–H and O–H groups in total. The third-order valence-electron chi connectivity index (χ3n) is 13.6. The molecule has 0 bridgehead atoms. The summed E-state index contributed by atoms with van der Waals surface area (Å²) in [5, 5.41) is 16.6. The number of likely N-dealkylation sites (tertiary alicyclic amines) is 1. The topological polar surface area (TPSA) is 141 Å². The Labute approximate surface area is 435 Å². The second-order valence-electron chi connectivity index (χ2n) is 20.1. The number of β-amino-alcohol motifs (C(OH)–C–C–N with tert-alkyl or cyclic N) is 1. The lowest BCUT2D eigenvalue weighted by atomic mass is 9.85. The van der Waals surface area contributed by atoms with Crippen LogP contribution in [0.5, 0.6) is 5.75 Å². The molecule has 0 spiro atoms. The van der Waals surface area contributed by atoms with Gasteiger partial charge in [0, 0.05) is 33.0 Å². The summed E-state index contributed by atoms with van der Waals surface area (Å²) >= 11 is 1.58. The molecule has 1 aromatic heterocycles. The van der Waals surface area contributed by atoms with Crippen molar-refractivity contribution in [1.82, 2.24) is 25.4 Å². The molecule has 0 aliphatic carbocycles. The number of aryl methyl sites for hydroxylation is 2. The van der Waals surface area contributed by atoms with E-state index in [1.165, 1.54) is 27.2 Å². The Morgan fingerprint density at radius 2 is 1.44 bits per heavy atom. The SMILES string of the molecule is CC/C(=C(\c1ccccc1)c1ccc(OCCN(C)C(=O)Cc2ccc(CCCCCC(=O)N[C@H](C(=O)N3C[C@H](O)C[C@H]3C(=O)NCc3ccc(-c4scnc4C)cc3)C(C)(C)C)cc2)cc1)c1ccccc1. The number of aliphatic hydroxyl groups excluding tert-OH is 1. The number of ether oxygens (including phenoxy) is 1. The van der Waals surface area contributed by atoms with Gasteiger partial charge in [0.1, 0.15) is 24.4 Å². The van der Waals surface area contributed by atoms with Crippen LogP contribution < -0.4 is 15.4 Å². The number of unbranched alkanes of at least 4 members (excludes halogenated alkanes) is 2. The third-order valence-corrected chi connectivity index (χ3v) is 14.5. The largest absolute Gasteiger partial charge is 0.492 e. The molecule has 1 saturated heterocycles. The van der Waals surface area contributed by atoms with Gasteiger partial charge in [0.2, 0.25) is 23.6 Å². The molecule has 7 rings (SSSR count). The minimum absolute atomic E-state index is 0.0191. The van der Waals surface area contributed by atoms with Crippen molar-refractivity contribution in [2.75, 3.05) is 26.7 Å². The zero-order valence-corrected chi connectivity index (χ0v) is 44.1. The maximum Gasteiger partial charge on any atom is 0.246 e. The maximum atomic E-state index is 14.1. The molecule has 2 heterocycles. The maximum absolute atomic E-state index is 14.1. The fraction of sp³-hybridized carbons (Fsp3) is 0.361. The van der Waals surface area contributed by atoms with Crippen LogP contribution in [0, 0.1) is 12.3 Å². The van der Waals surface area contributed by atoms with E-state index >= 15 is 0 Å². The molecule has 0 unspecified atom stereocenters. The second-order valence-corrected chi connectivity index (χ2v) is 21.0. The van der Waals surface area contributed by atoms with E-state index in [0.717, 1.165) is 69.8 Å². The van der Waals surface area contributed by atoms with Gasteiger partial charge in [-0.3, -0.25) is 19.2 Å². The van der Waals surface area contributed by atoms with Crippen LogP contribution in [0.3, 0.4) is 0 Å². The number of allylic oxidation sites excluding steroid dienone is 1. The smallest absolute Gasteiger partial charge is 0.246 e. The van der Waals surface area contributed by atoms with Gasteiger partial charge in [0.05, 0.1) is 35.2 Å². The molecule has 382 valence electrons. The van der Waals surface area contributed by atoms with Gasteiger partial charge in [-0.15, -0.1) is 11.3 Å². The molecule has 1 aliphatic rings. The number of benzene rings is 5. The molecule has 0 radical (unpaired) electrons. The van der Waals surface area contributed by atoms with E-state index in [2.05, 4.69) is 95.3 Å². The van der Waals surface area contributed by atoms with Crippen LogP contribution in [-0.4, -0.2) is 88.5 Å². The van der Waals surface area contributed by atoms with E-state index in [1.54, 1.807) is 23.3 Å². The number of amides is 4. The lowest BCUT2D eigenvalue weighted by Gasteiger charge is -2.35. The molecule has 6 aromatic rings. The number of aliphatic hydroxyl groups is 1. The molecule has 4 amide bonds. The number of nitrogens with zero attached hydrogens (tertiary/aromatic N) is 3. The first kappa shape index (κ1) is 53.9. The van der Waals surface area contributed by atoms with E-state index in [1.807, 2.05) is 93.9 Å². The van der Waals surface area contributed by atoms with Crippen molar-refractivity contribution in [2.45, 2.75) is 111 Å². The van der Waals surface area contributed by atoms with Crippen LogP contribution in [0.25, 0.3) is 21.6 Å². The van der Waals surface area contributed by atoms with Crippen molar-refractivity contribution < 1.29 is 29.0 Å². The highest BCUT2D eigenvalue weighted by atomic mass is 32.1. The number of aromatic nitrogens is 1. The van der Waals surface area contributed by atoms with E-state index in [4.69, 9.17) is 4.74 Å². The average Bonchev–Trinajstić information content (AvgIpc) is 4.02. The molecule has 5 aromatic carbocycles. The molecular formula is C61H71N5O6S. The summed E-state index contributed by atoms with van der Waals surface area (Å²) in [6.07, 6.45) is 3.94. The number of carbonyl (C=O) groups is 4. The quantitative estimate of drug-likeness (QED) is 0.0454. The molecule has 3 atom stereocenters. The van der Waals surface area contributed by atoms with Crippen LogP contribution >= 0.6 is 11.3 Å². The zero-order chi connectivity index (χ0) is 51.9. The van der Waals surface area contributed by atoms with Crippen molar-refractivity contribution in [3.05, 3.63) is 178 Å². The highest BCUT2D eigenvalue weighted by molar-refractivity contribution is 7.13. The van der Waals surface area contributed by atoms with Crippen LogP contribution in [0.4, 0.5) is 0 Å². The molecule has 1 fully saturated rings. The third kappa shape index (κ3) is 14.9. The van der Waals surface area contributed by atoms with E-state index in [0.29, 0.717) is 26.0 Å². The summed E-state index contributed by atoms with van der Waals surface area (Å²) in [6, 6.07) is 43.6. The number of rotatable bonds is 22. The number of carbonyl (C=O) groups excluding carboxylic acids is 4. The second kappa shape index (κ2) is 25.7. The van der Waals surface area contributed by atoms with Crippen LogP contribution in [0.15, 0.2) is 139 Å².